The van der Waals surface area contributed by atoms with Gasteiger partial charge in [0.05, 0.1) is 6.61 Å². The van der Waals surface area contributed by atoms with Gasteiger partial charge in [-0.2, -0.15) is 0 Å². The molecule has 0 amide bonds. The molecule has 0 N–H and O–H groups in total. The molecule has 0 spiro atoms. The summed E-state index contributed by atoms with van der Waals surface area (Å²) in [6, 6.07) is 15.4. The zero-order valence-corrected chi connectivity index (χ0v) is 12.5. The van der Waals surface area contributed by atoms with Crippen molar-refractivity contribution in [3.8, 4) is 5.75 Å². The molecule has 1 heterocycles. The lowest BCUT2D eigenvalue weighted by molar-refractivity contribution is -0.0659. The molecule has 3 rings (SSSR count). The van der Waals surface area contributed by atoms with Crippen LogP contribution in [0, 0.1) is 6.92 Å². The maximum absolute atomic E-state index is 5.88. The largest absolute Gasteiger partial charge is 0.491 e. The Labute approximate surface area is 129 Å². The molecule has 0 bridgehead atoms. The second-order valence-electron chi connectivity index (χ2n) is 5.05. The van der Waals surface area contributed by atoms with Gasteiger partial charge in [0, 0.05) is 10.6 Å². The van der Waals surface area contributed by atoms with Crippen LogP contribution in [0.25, 0.3) is 0 Å². The number of aryl methyl sites for hydroxylation is 1. The molecule has 0 aromatic heterocycles. The first kappa shape index (κ1) is 14.4. The van der Waals surface area contributed by atoms with Crippen LogP contribution in [0.5, 0.6) is 5.75 Å². The summed E-state index contributed by atoms with van der Waals surface area (Å²) < 4.78 is 17.3. The molecule has 2 aromatic rings. The van der Waals surface area contributed by atoms with E-state index < -0.39 is 0 Å². The van der Waals surface area contributed by atoms with Crippen molar-refractivity contribution in [3.05, 3.63) is 64.7 Å². The van der Waals surface area contributed by atoms with Gasteiger partial charge in [0.25, 0.3) is 0 Å². The fraction of sp³-hybridized carbons (Fsp3) is 0.294. The van der Waals surface area contributed by atoms with Crippen LogP contribution in [0.3, 0.4) is 0 Å². The first-order chi connectivity index (χ1) is 10.2. The highest BCUT2D eigenvalue weighted by Gasteiger charge is 2.27. The Morgan fingerprint density at radius 3 is 2.67 bits per heavy atom. The number of rotatable bonds is 4. The van der Waals surface area contributed by atoms with Gasteiger partial charge in [-0.15, -0.1) is 0 Å². The van der Waals surface area contributed by atoms with Crippen molar-refractivity contribution in [2.45, 2.75) is 19.3 Å². The number of para-hydroxylation sites is 1. The minimum Gasteiger partial charge on any atom is -0.491 e. The van der Waals surface area contributed by atoms with Gasteiger partial charge in [0.15, 0.2) is 6.29 Å². The van der Waals surface area contributed by atoms with Gasteiger partial charge < -0.3 is 14.2 Å². The van der Waals surface area contributed by atoms with Crippen molar-refractivity contribution in [3.63, 3.8) is 0 Å². The molecule has 21 heavy (non-hydrogen) atoms. The maximum atomic E-state index is 5.88. The number of ether oxygens (including phenoxy) is 3. The van der Waals surface area contributed by atoms with E-state index in [1.807, 2.05) is 55.5 Å². The van der Waals surface area contributed by atoms with Gasteiger partial charge in [-0.05, 0) is 30.7 Å². The van der Waals surface area contributed by atoms with Gasteiger partial charge >= 0.3 is 0 Å². The summed E-state index contributed by atoms with van der Waals surface area (Å²) in [5.74, 6) is 0.885. The van der Waals surface area contributed by atoms with Crippen LogP contribution < -0.4 is 4.74 Å². The van der Waals surface area contributed by atoms with Crippen molar-refractivity contribution in [2.24, 2.45) is 0 Å². The van der Waals surface area contributed by atoms with Crippen molar-refractivity contribution in [1.82, 2.24) is 0 Å². The summed E-state index contributed by atoms with van der Waals surface area (Å²) >= 11 is 5.88. The summed E-state index contributed by atoms with van der Waals surface area (Å²) in [5.41, 5.74) is 2.09. The van der Waals surface area contributed by atoms with Crippen LogP contribution in [0.15, 0.2) is 48.5 Å². The van der Waals surface area contributed by atoms with E-state index in [4.69, 9.17) is 25.8 Å². The molecular weight excluding hydrogens is 288 g/mol. The quantitative estimate of drug-likeness (QED) is 0.849. The van der Waals surface area contributed by atoms with E-state index in [1.54, 1.807) is 0 Å². The van der Waals surface area contributed by atoms with E-state index in [-0.39, 0.29) is 12.4 Å². The third-order valence-corrected chi connectivity index (χ3v) is 3.66. The van der Waals surface area contributed by atoms with Crippen molar-refractivity contribution in [1.29, 1.82) is 0 Å². The Morgan fingerprint density at radius 1 is 1.14 bits per heavy atom. The summed E-state index contributed by atoms with van der Waals surface area (Å²) in [6.45, 7) is 3.03. The zero-order valence-electron chi connectivity index (χ0n) is 11.8. The van der Waals surface area contributed by atoms with E-state index in [9.17, 15) is 0 Å². The fourth-order valence-electron chi connectivity index (χ4n) is 2.23. The summed E-state index contributed by atoms with van der Waals surface area (Å²) in [7, 11) is 0. The average molecular weight is 305 g/mol. The highest BCUT2D eigenvalue weighted by molar-refractivity contribution is 6.30. The van der Waals surface area contributed by atoms with Crippen LogP contribution in [-0.2, 0) is 9.47 Å². The Hall–Kier alpha value is -1.55. The highest BCUT2D eigenvalue weighted by Crippen LogP contribution is 2.28. The van der Waals surface area contributed by atoms with Crippen LogP contribution in [0.2, 0.25) is 5.02 Å². The van der Waals surface area contributed by atoms with Crippen molar-refractivity contribution in [2.75, 3.05) is 13.2 Å². The number of hydrogen-bond donors (Lipinski definition) is 0. The molecule has 0 aliphatic carbocycles. The number of benzene rings is 2. The number of hydrogen-bond acceptors (Lipinski definition) is 3. The molecule has 2 atom stereocenters. The van der Waals surface area contributed by atoms with Gasteiger partial charge in [-0.1, -0.05) is 41.9 Å². The third-order valence-electron chi connectivity index (χ3n) is 3.41. The highest BCUT2D eigenvalue weighted by atomic mass is 35.5. The van der Waals surface area contributed by atoms with E-state index in [1.165, 1.54) is 0 Å². The summed E-state index contributed by atoms with van der Waals surface area (Å²) in [4.78, 5) is 0. The molecule has 1 aliphatic heterocycles. The molecule has 1 fully saturated rings. The average Bonchev–Trinajstić information content (AvgIpc) is 2.96. The summed E-state index contributed by atoms with van der Waals surface area (Å²) in [5, 5.41) is 0.705. The second-order valence-corrected chi connectivity index (χ2v) is 5.49. The first-order valence-electron chi connectivity index (χ1n) is 6.93. The van der Waals surface area contributed by atoms with Gasteiger partial charge in [0.2, 0.25) is 0 Å². The molecular formula is C17H17ClO3. The Morgan fingerprint density at radius 2 is 1.90 bits per heavy atom. The smallest absolute Gasteiger partial charge is 0.184 e. The fourth-order valence-corrected chi connectivity index (χ4v) is 2.36. The predicted molar refractivity (Wildman–Crippen MR) is 81.7 cm³/mol. The molecule has 0 saturated carbocycles. The van der Waals surface area contributed by atoms with E-state index in [0.29, 0.717) is 18.2 Å². The third kappa shape index (κ3) is 3.56. The zero-order chi connectivity index (χ0) is 14.7. The van der Waals surface area contributed by atoms with Crippen LogP contribution >= 0.6 is 11.6 Å². The van der Waals surface area contributed by atoms with Gasteiger partial charge in [0.1, 0.15) is 18.5 Å². The monoisotopic (exact) mass is 304 g/mol. The second kappa shape index (κ2) is 6.48. The molecule has 3 nitrogen and oxygen atoms in total. The molecule has 2 unspecified atom stereocenters. The minimum absolute atomic E-state index is 0.0646. The normalized spacial score (nSPS) is 21.4. The maximum Gasteiger partial charge on any atom is 0.184 e. The minimum atomic E-state index is -0.340. The molecule has 110 valence electrons. The Bertz CT molecular complexity index is 597. The standard InChI is InChI=1S/C17H17ClO3/c1-12-4-2-3-5-16(12)19-10-15-11-20-17(21-15)13-6-8-14(18)9-7-13/h2-9,15,17H,10-11H2,1H3. The lowest BCUT2D eigenvalue weighted by Crippen LogP contribution is -2.20. The SMILES string of the molecule is Cc1ccccc1OCC1COC(c2ccc(Cl)cc2)O1. The Balaban J connectivity index is 1.55. The molecule has 2 aromatic carbocycles. The lowest BCUT2D eigenvalue weighted by atomic mass is 10.2. The van der Waals surface area contributed by atoms with Gasteiger partial charge in [-0.25, -0.2) is 0 Å². The number of halogens is 1. The summed E-state index contributed by atoms with van der Waals surface area (Å²) in [6.07, 6.45) is -0.405. The van der Waals surface area contributed by atoms with Crippen LogP contribution in [0.1, 0.15) is 17.4 Å². The molecule has 4 heteroatoms. The molecule has 1 saturated heterocycles. The topological polar surface area (TPSA) is 27.7 Å². The predicted octanol–water partition coefficient (Wildman–Crippen LogP) is 4.14. The van der Waals surface area contributed by atoms with Crippen LogP contribution in [-0.4, -0.2) is 19.3 Å². The lowest BCUT2D eigenvalue weighted by Gasteiger charge is -2.14. The first-order valence-corrected chi connectivity index (χ1v) is 7.31. The molecule has 0 radical (unpaired) electrons. The van der Waals surface area contributed by atoms with Crippen LogP contribution in [0.4, 0.5) is 0 Å². The van der Waals surface area contributed by atoms with Crippen molar-refractivity contribution < 1.29 is 14.2 Å². The van der Waals surface area contributed by atoms with E-state index in [0.717, 1.165) is 16.9 Å². The van der Waals surface area contributed by atoms with Crippen molar-refractivity contribution >= 4 is 11.6 Å². The Kier molecular flexibility index (Phi) is 4.44. The molecule has 1 aliphatic rings. The van der Waals surface area contributed by atoms with Gasteiger partial charge in [-0.3, -0.25) is 0 Å². The van der Waals surface area contributed by atoms with E-state index in [2.05, 4.69) is 0 Å². The van der Waals surface area contributed by atoms with E-state index >= 15 is 0 Å².